The van der Waals surface area contributed by atoms with Crippen LogP contribution in [0, 0.1) is 19.7 Å². The first kappa shape index (κ1) is 17.2. The van der Waals surface area contributed by atoms with Crippen molar-refractivity contribution >= 4 is 6.03 Å². The van der Waals surface area contributed by atoms with Crippen molar-refractivity contribution in [1.82, 2.24) is 15.2 Å². The number of amides is 2. The van der Waals surface area contributed by atoms with Crippen molar-refractivity contribution in [1.29, 1.82) is 0 Å². The molecule has 0 bridgehead atoms. The number of aromatic nitrogens is 1. The molecule has 2 aromatic rings. The summed E-state index contributed by atoms with van der Waals surface area (Å²) in [5, 5.41) is 2.83. The number of rotatable bonds is 5. The van der Waals surface area contributed by atoms with Gasteiger partial charge in [-0.3, -0.25) is 4.79 Å². The average Bonchev–Trinajstić information content (AvgIpc) is 3.36. The van der Waals surface area contributed by atoms with Gasteiger partial charge in [-0.05, 0) is 56.0 Å². The largest absolute Gasteiger partial charge is 0.334 e. The summed E-state index contributed by atoms with van der Waals surface area (Å²) in [7, 11) is 0. The number of carbonyl (C=O) groups excluding carboxylic acids is 1. The minimum atomic E-state index is -0.310. The van der Waals surface area contributed by atoms with E-state index in [0.717, 1.165) is 29.7 Å². The number of hydrogen-bond donors (Lipinski definition) is 2. The molecule has 2 N–H and O–H groups in total. The maximum atomic E-state index is 13.4. The maximum Gasteiger partial charge on any atom is 0.318 e. The van der Waals surface area contributed by atoms with Gasteiger partial charge in [0, 0.05) is 23.8 Å². The second-order valence-electron chi connectivity index (χ2n) is 6.59. The standard InChI is InChI=1S/C19H22FN3O2/c1-12-8-13(2)22-18(24)17(12)10-21-19(25)23(16-6-7-16)11-14-4-3-5-15(20)9-14/h3-5,8-9,16H,6-7,10-11H2,1-2H3,(H,21,25)(H,22,24). The van der Waals surface area contributed by atoms with Crippen LogP contribution in [-0.2, 0) is 13.1 Å². The normalized spacial score (nSPS) is 13.6. The van der Waals surface area contributed by atoms with Crippen molar-refractivity contribution in [2.75, 3.05) is 0 Å². The zero-order valence-corrected chi connectivity index (χ0v) is 14.4. The number of H-pyrrole nitrogens is 1. The number of nitrogens with zero attached hydrogens (tertiary/aromatic N) is 1. The molecule has 132 valence electrons. The summed E-state index contributed by atoms with van der Waals surface area (Å²) in [6, 6.07) is 8.11. The lowest BCUT2D eigenvalue weighted by atomic mass is 10.1. The summed E-state index contributed by atoms with van der Waals surface area (Å²) in [6.07, 6.45) is 1.90. The minimum Gasteiger partial charge on any atom is -0.334 e. The van der Waals surface area contributed by atoms with E-state index < -0.39 is 0 Å². The van der Waals surface area contributed by atoms with Crippen LogP contribution in [0.1, 0.15) is 35.2 Å². The molecule has 1 aromatic heterocycles. The molecular formula is C19H22FN3O2. The Hall–Kier alpha value is -2.63. The number of hydrogen-bond acceptors (Lipinski definition) is 2. The zero-order valence-electron chi connectivity index (χ0n) is 14.4. The highest BCUT2D eigenvalue weighted by Crippen LogP contribution is 2.28. The van der Waals surface area contributed by atoms with Crippen LogP contribution >= 0.6 is 0 Å². The van der Waals surface area contributed by atoms with Gasteiger partial charge in [-0.1, -0.05) is 12.1 Å². The number of nitrogens with one attached hydrogen (secondary N) is 2. The number of aryl methyl sites for hydroxylation is 2. The van der Waals surface area contributed by atoms with Crippen LogP contribution in [-0.4, -0.2) is 22.0 Å². The van der Waals surface area contributed by atoms with Gasteiger partial charge in [-0.15, -0.1) is 0 Å². The number of benzene rings is 1. The van der Waals surface area contributed by atoms with E-state index in [1.165, 1.54) is 12.1 Å². The fourth-order valence-corrected chi connectivity index (χ4v) is 2.95. The number of carbonyl (C=O) groups is 1. The summed E-state index contributed by atoms with van der Waals surface area (Å²) in [6.45, 7) is 4.21. The summed E-state index contributed by atoms with van der Waals surface area (Å²) in [4.78, 5) is 29.1. The van der Waals surface area contributed by atoms with Crippen LogP contribution in [0.2, 0.25) is 0 Å². The molecule has 0 radical (unpaired) electrons. The monoisotopic (exact) mass is 343 g/mol. The highest BCUT2D eigenvalue weighted by Gasteiger charge is 2.32. The van der Waals surface area contributed by atoms with Gasteiger partial charge < -0.3 is 15.2 Å². The van der Waals surface area contributed by atoms with E-state index in [0.29, 0.717) is 12.1 Å². The Morgan fingerprint density at radius 2 is 2.08 bits per heavy atom. The van der Waals surface area contributed by atoms with E-state index >= 15 is 0 Å². The van der Waals surface area contributed by atoms with Crippen molar-refractivity contribution in [3.8, 4) is 0 Å². The molecule has 1 aliphatic carbocycles. The Labute approximate surface area is 145 Å². The predicted molar refractivity (Wildman–Crippen MR) is 93.7 cm³/mol. The summed E-state index contributed by atoms with van der Waals surface area (Å²) < 4.78 is 13.4. The molecule has 1 aliphatic rings. The molecule has 1 saturated carbocycles. The smallest absolute Gasteiger partial charge is 0.318 e. The molecule has 0 spiro atoms. The molecule has 1 aromatic carbocycles. The first-order chi connectivity index (χ1) is 11.9. The van der Waals surface area contributed by atoms with Gasteiger partial charge in [0.25, 0.3) is 5.56 Å². The second kappa shape index (κ2) is 7.09. The molecule has 25 heavy (non-hydrogen) atoms. The molecule has 0 atom stereocenters. The molecule has 1 fully saturated rings. The fraction of sp³-hybridized carbons (Fsp3) is 0.368. The predicted octanol–water partition coefficient (Wildman–Crippen LogP) is 3.01. The summed E-state index contributed by atoms with van der Waals surface area (Å²) in [5.74, 6) is -0.310. The van der Waals surface area contributed by atoms with Gasteiger partial charge in [-0.2, -0.15) is 0 Å². The molecule has 0 unspecified atom stereocenters. The molecule has 0 saturated heterocycles. The third-order valence-corrected chi connectivity index (χ3v) is 4.40. The summed E-state index contributed by atoms with van der Waals surface area (Å²) >= 11 is 0. The van der Waals surface area contributed by atoms with E-state index in [9.17, 15) is 14.0 Å². The molecule has 3 rings (SSSR count). The van der Waals surface area contributed by atoms with Crippen molar-refractivity contribution in [2.45, 2.75) is 45.8 Å². The van der Waals surface area contributed by atoms with E-state index in [1.807, 2.05) is 19.9 Å². The van der Waals surface area contributed by atoms with Gasteiger partial charge in [-0.25, -0.2) is 9.18 Å². The zero-order chi connectivity index (χ0) is 18.0. The van der Waals surface area contributed by atoms with E-state index in [-0.39, 0.29) is 30.0 Å². The molecule has 5 nitrogen and oxygen atoms in total. The third kappa shape index (κ3) is 4.26. The van der Waals surface area contributed by atoms with E-state index in [2.05, 4.69) is 10.3 Å². The van der Waals surface area contributed by atoms with Gasteiger partial charge >= 0.3 is 6.03 Å². The first-order valence-electron chi connectivity index (χ1n) is 8.42. The van der Waals surface area contributed by atoms with Gasteiger partial charge in [0.15, 0.2) is 0 Å². The first-order valence-corrected chi connectivity index (χ1v) is 8.42. The number of pyridine rings is 1. The van der Waals surface area contributed by atoms with Crippen LogP contribution in [0.5, 0.6) is 0 Å². The van der Waals surface area contributed by atoms with Crippen molar-refractivity contribution in [2.24, 2.45) is 0 Å². The van der Waals surface area contributed by atoms with Gasteiger partial charge in [0.1, 0.15) is 5.82 Å². The highest BCUT2D eigenvalue weighted by molar-refractivity contribution is 5.75. The van der Waals surface area contributed by atoms with Crippen molar-refractivity contribution in [3.05, 3.63) is 68.9 Å². The molecule has 2 amide bonds. The average molecular weight is 343 g/mol. The Morgan fingerprint density at radius 1 is 1.32 bits per heavy atom. The van der Waals surface area contributed by atoms with Crippen LogP contribution in [0.15, 0.2) is 35.1 Å². The number of halogens is 1. The lowest BCUT2D eigenvalue weighted by Crippen LogP contribution is -2.41. The molecule has 0 aliphatic heterocycles. The SMILES string of the molecule is Cc1cc(C)c(CNC(=O)N(Cc2cccc(F)c2)C2CC2)c(=O)[nH]1. The molecule has 1 heterocycles. The Kier molecular flexibility index (Phi) is 4.88. The fourth-order valence-electron chi connectivity index (χ4n) is 2.95. The van der Waals surface area contributed by atoms with Gasteiger partial charge in [0.05, 0.1) is 6.54 Å². The van der Waals surface area contributed by atoms with Crippen LogP contribution < -0.4 is 10.9 Å². The third-order valence-electron chi connectivity index (χ3n) is 4.40. The van der Waals surface area contributed by atoms with Crippen LogP contribution in [0.4, 0.5) is 9.18 Å². The van der Waals surface area contributed by atoms with Crippen LogP contribution in [0.25, 0.3) is 0 Å². The molecule has 6 heteroatoms. The topological polar surface area (TPSA) is 65.2 Å². The van der Waals surface area contributed by atoms with Crippen molar-refractivity contribution in [3.63, 3.8) is 0 Å². The van der Waals surface area contributed by atoms with Crippen LogP contribution in [0.3, 0.4) is 0 Å². The lowest BCUT2D eigenvalue weighted by Gasteiger charge is -2.23. The number of urea groups is 1. The molecular weight excluding hydrogens is 321 g/mol. The van der Waals surface area contributed by atoms with E-state index in [1.54, 1.807) is 17.0 Å². The second-order valence-corrected chi connectivity index (χ2v) is 6.59. The quantitative estimate of drug-likeness (QED) is 0.876. The Morgan fingerprint density at radius 3 is 2.72 bits per heavy atom. The van der Waals surface area contributed by atoms with Crippen molar-refractivity contribution < 1.29 is 9.18 Å². The maximum absolute atomic E-state index is 13.4. The Bertz CT molecular complexity index is 843. The number of aromatic amines is 1. The van der Waals surface area contributed by atoms with E-state index in [4.69, 9.17) is 0 Å². The minimum absolute atomic E-state index is 0.173. The lowest BCUT2D eigenvalue weighted by molar-refractivity contribution is 0.191. The summed E-state index contributed by atoms with van der Waals surface area (Å²) in [5.41, 5.74) is 2.78. The van der Waals surface area contributed by atoms with Gasteiger partial charge in [0.2, 0.25) is 0 Å². The Balaban J connectivity index is 1.69. The highest BCUT2D eigenvalue weighted by atomic mass is 19.1.